The summed E-state index contributed by atoms with van der Waals surface area (Å²) in [5, 5.41) is 0. The van der Waals surface area contributed by atoms with Crippen LogP contribution in [0.2, 0.25) is 0 Å². The Hall–Kier alpha value is -1.70. The molecule has 24 heavy (non-hydrogen) atoms. The number of aromatic nitrogens is 3. The molecule has 0 aliphatic carbocycles. The molecule has 2 rings (SSSR count). The lowest BCUT2D eigenvalue weighted by molar-refractivity contribution is 0.486. The smallest absolute Gasteiger partial charge is 0.250 e. The Balaban J connectivity index is 2.47. The molecule has 0 aliphatic heterocycles. The monoisotopic (exact) mass is 351 g/mol. The third-order valence-electron chi connectivity index (χ3n) is 3.90. The van der Waals surface area contributed by atoms with Gasteiger partial charge < -0.3 is 4.57 Å². The topological polar surface area (TPSA) is 88.2 Å². The van der Waals surface area contributed by atoms with Crippen LogP contribution in [0.3, 0.4) is 0 Å². The van der Waals surface area contributed by atoms with Crippen LogP contribution < -0.4 is 5.56 Å². The standard InChI is InChI=1S/C17H25N3O3S/c1-4-6-7-13-10-18-15(12-24(22,23)5-2)19-17(13)14-8-9-16(21)20(3)11-14/h8-11,22-23H,4-7,12H2,1-3H3. The van der Waals surface area contributed by atoms with Crippen LogP contribution in [0.15, 0.2) is 29.3 Å². The van der Waals surface area contributed by atoms with Crippen LogP contribution in [-0.2, 0) is 19.2 Å². The van der Waals surface area contributed by atoms with Gasteiger partial charge in [0.2, 0.25) is 5.56 Å². The Morgan fingerprint density at radius 3 is 2.62 bits per heavy atom. The highest BCUT2D eigenvalue weighted by atomic mass is 32.3. The molecule has 0 saturated carbocycles. The molecular weight excluding hydrogens is 326 g/mol. The molecule has 0 fully saturated rings. The third-order valence-corrected chi connectivity index (χ3v) is 5.54. The molecule has 2 aromatic heterocycles. The molecule has 0 aromatic carbocycles. The van der Waals surface area contributed by atoms with Crippen molar-refractivity contribution in [1.29, 1.82) is 0 Å². The average molecular weight is 351 g/mol. The normalized spacial score (nSPS) is 12.4. The van der Waals surface area contributed by atoms with Crippen LogP contribution in [-0.4, -0.2) is 29.4 Å². The Morgan fingerprint density at radius 2 is 2.00 bits per heavy atom. The summed E-state index contributed by atoms with van der Waals surface area (Å²) >= 11 is 0. The summed E-state index contributed by atoms with van der Waals surface area (Å²) in [5.41, 5.74) is 2.52. The quantitative estimate of drug-likeness (QED) is 0.797. The van der Waals surface area contributed by atoms with E-state index in [0.717, 1.165) is 36.1 Å². The fraction of sp³-hybridized carbons (Fsp3) is 0.471. The predicted molar refractivity (Wildman–Crippen MR) is 98.4 cm³/mol. The maximum atomic E-state index is 11.6. The summed E-state index contributed by atoms with van der Waals surface area (Å²) in [6.07, 6.45) is 6.45. The second kappa shape index (κ2) is 7.92. The van der Waals surface area contributed by atoms with Crippen LogP contribution in [0, 0.1) is 0 Å². The highest BCUT2D eigenvalue weighted by molar-refractivity contribution is 8.23. The number of unbranched alkanes of at least 4 members (excludes halogenated alkanes) is 1. The van der Waals surface area contributed by atoms with E-state index < -0.39 is 10.6 Å². The van der Waals surface area contributed by atoms with Crippen molar-refractivity contribution in [2.24, 2.45) is 7.05 Å². The summed E-state index contributed by atoms with van der Waals surface area (Å²) in [6.45, 7) is 3.86. The largest absolute Gasteiger partial charge is 0.318 e. The molecule has 6 nitrogen and oxygen atoms in total. The van der Waals surface area contributed by atoms with E-state index in [1.165, 1.54) is 10.6 Å². The molecule has 132 valence electrons. The van der Waals surface area contributed by atoms with Gasteiger partial charge in [-0.2, -0.15) is 10.6 Å². The summed E-state index contributed by atoms with van der Waals surface area (Å²) in [4.78, 5) is 20.5. The highest BCUT2D eigenvalue weighted by Crippen LogP contribution is 2.41. The molecule has 7 heteroatoms. The van der Waals surface area contributed by atoms with Crippen LogP contribution in [0.4, 0.5) is 0 Å². The first kappa shape index (κ1) is 18.6. The third kappa shape index (κ3) is 4.66. The van der Waals surface area contributed by atoms with E-state index in [9.17, 15) is 13.9 Å². The lowest BCUT2D eigenvalue weighted by Crippen LogP contribution is -2.15. The first-order chi connectivity index (χ1) is 11.4. The second-order valence-electron chi connectivity index (χ2n) is 5.87. The minimum atomic E-state index is -2.70. The molecule has 0 aliphatic rings. The minimum Gasteiger partial charge on any atom is -0.318 e. The van der Waals surface area contributed by atoms with Gasteiger partial charge in [-0.25, -0.2) is 9.97 Å². The highest BCUT2D eigenvalue weighted by Gasteiger charge is 2.16. The summed E-state index contributed by atoms with van der Waals surface area (Å²) in [5.74, 6) is 0.750. The van der Waals surface area contributed by atoms with Crippen LogP contribution in [0.1, 0.15) is 38.1 Å². The zero-order valence-electron chi connectivity index (χ0n) is 14.4. The van der Waals surface area contributed by atoms with Gasteiger partial charge in [0, 0.05) is 36.8 Å². The molecule has 2 heterocycles. The fourth-order valence-corrected chi connectivity index (χ4v) is 3.11. The van der Waals surface area contributed by atoms with Gasteiger partial charge in [0.15, 0.2) is 0 Å². The zero-order chi connectivity index (χ0) is 17.7. The van der Waals surface area contributed by atoms with Crippen LogP contribution in [0.5, 0.6) is 0 Å². The van der Waals surface area contributed by atoms with Crippen molar-refractivity contribution >= 4 is 10.6 Å². The summed E-state index contributed by atoms with van der Waals surface area (Å²) in [6, 6.07) is 3.27. The maximum Gasteiger partial charge on any atom is 0.250 e. The van der Waals surface area contributed by atoms with Gasteiger partial charge >= 0.3 is 0 Å². The van der Waals surface area contributed by atoms with Gasteiger partial charge in [0.05, 0.1) is 11.4 Å². The predicted octanol–water partition coefficient (Wildman–Crippen LogP) is 3.46. The SMILES string of the molecule is CCCCc1cnc(CS(O)(O)CC)nc1-c1ccc(=O)n(C)c1. The maximum absolute atomic E-state index is 11.6. The Labute approximate surface area is 144 Å². The minimum absolute atomic E-state index is 0.0519. The van der Waals surface area contributed by atoms with Crippen molar-refractivity contribution in [2.75, 3.05) is 5.75 Å². The fourth-order valence-electron chi connectivity index (χ4n) is 2.36. The van der Waals surface area contributed by atoms with Gasteiger partial charge in [0.1, 0.15) is 5.82 Å². The molecule has 0 radical (unpaired) electrons. The van der Waals surface area contributed by atoms with Gasteiger partial charge in [0.25, 0.3) is 0 Å². The van der Waals surface area contributed by atoms with Crippen molar-refractivity contribution in [3.63, 3.8) is 0 Å². The van der Waals surface area contributed by atoms with E-state index in [4.69, 9.17) is 0 Å². The molecule has 0 unspecified atom stereocenters. The van der Waals surface area contributed by atoms with Crippen LogP contribution >= 0.6 is 10.6 Å². The lowest BCUT2D eigenvalue weighted by atomic mass is 10.0. The molecule has 0 amide bonds. The van der Waals surface area contributed by atoms with E-state index in [1.54, 1.807) is 32.4 Å². The van der Waals surface area contributed by atoms with E-state index in [2.05, 4.69) is 16.9 Å². The lowest BCUT2D eigenvalue weighted by Gasteiger charge is -2.29. The number of hydrogen-bond donors (Lipinski definition) is 2. The molecular formula is C17H25N3O3S. The molecule has 2 aromatic rings. The molecule has 0 atom stereocenters. The van der Waals surface area contributed by atoms with Crippen LogP contribution in [0.25, 0.3) is 11.3 Å². The Bertz CT molecular complexity index is 759. The number of hydrogen-bond acceptors (Lipinski definition) is 5. The first-order valence-electron chi connectivity index (χ1n) is 8.11. The molecule has 0 bridgehead atoms. The number of rotatable bonds is 7. The van der Waals surface area contributed by atoms with E-state index in [-0.39, 0.29) is 17.1 Å². The Morgan fingerprint density at radius 1 is 1.25 bits per heavy atom. The molecule has 2 N–H and O–H groups in total. The summed E-state index contributed by atoms with van der Waals surface area (Å²) < 4.78 is 21.4. The molecule has 0 saturated heterocycles. The van der Waals surface area contributed by atoms with Crippen molar-refractivity contribution in [3.05, 3.63) is 46.3 Å². The van der Waals surface area contributed by atoms with E-state index in [0.29, 0.717) is 5.82 Å². The molecule has 0 spiro atoms. The van der Waals surface area contributed by atoms with Gasteiger partial charge in [-0.05, 0) is 31.4 Å². The van der Waals surface area contributed by atoms with Crippen molar-refractivity contribution in [1.82, 2.24) is 14.5 Å². The van der Waals surface area contributed by atoms with Crippen molar-refractivity contribution < 1.29 is 9.11 Å². The van der Waals surface area contributed by atoms with Crippen molar-refractivity contribution in [2.45, 2.75) is 38.9 Å². The average Bonchev–Trinajstić information content (AvgIpc) is 2.56. The first-order valence-corrected chi connectivity index (χ1v) is 10.00. The number of aryl methyl sites for hydroxylation is 2. The van der Waals surface area contributed by atoms with E-state index >= 15 is 0 Å². The summed E-state index contributed by atoms with van der Waals surface area (Å²) in [7, 11) is -0.995. The zero-order valence-corrected chi connectivity index (χ0v) is 15.2. The van der Waals surface area contributed by atoms with Crippen molar-refractivity contribution in [3.8, 4) is 11.3 Å². The van der Waals surface area contributed by atoms with Gasteiger partial charge in [-0.3, -0.25) is 13.9 Å². The number of nitrogens with zero attached hydrogens (tertiary/aromatic N) is 3. The van der Waals surface area contributed by atoms with E-state index in [1.807, 2.05) is 0 Å². The number of pyridine rings is 1. The second-order valence-corrected chi connectivity index (χ2v) is 8.34. The van der Waals surface area contributed by atoms with Gasteiger partial charge in [-0.1, -0.05) is 13.3 Å². The van der Waals surface area contributed by atoms with Gasteiger partial charge in [-0.15, -0.1) is 0 Å². The Kier molecular flexibility index (Phi) is 6.15.